The Hall–Kier alpha value is -2.54. The van der Waals surface area contributed by atoms with E-state index in [1.165, 1.54) is 16.8 Å². The summed E-state index contributed by atoms with van der Waals surface area (Å²) in [6.07, 6.45) is 0. The van der Waals surface area contributed by atoms with Gasteiger partial charge in [-0.15, -0.1) is 0 Å². The monoisotopic (exact) mass is 404 g/mol. The molecule has 0 N–H and O–H groups in total. The Bertz CT molecular complexity index is 1020. The highest BCUT2D eigenvalue weighted by Crippen LogP contribution is 2.18. The second-order valence-electron chi connectivity index (χ2n) is 5.33. The first-order valence-corrected chi connectivity index (χ1v) is 8.41. The molecule has 0 atom stereocenters. The number of aryl methyl sites for hydroxylation is 1. The molecule has 0 aliphatic heterocycles. The minimum atomic E-state index is -0.708. The van der Waals surface area contributed by atoms with Gasteiger partial charge in [0.1, 0.15) is 12.4 Å². The third-order valence-electron chi connectivity index (χ3n) is 3.73. The summed E-state index contributed by atoms with van der Waals surface area (Å²) in [6, 6.07) is 11.2. The quantitative estimate of drug-likeness (QED) is 0.622. The van der Waals surface area contributed by atoms with Gasteiger partial charge in [-0.25, -0.2) is 13.9 Å². The van der Waals surface area contributed by atoms with Crippen LogP contribution in [-0.4, -0.2) is 15.7 Å². The lowest BCUT2D eigenvalue weighted by Crippen LogP contribution is -2.25. The van der Waals surface area contributed by atoms with E-state index in [1.807, 2.05) is 0 Å². The molecule has 0 radical (unpaired) electrons. The summed E-state index contributed by atoms with van der Waals surface area (Å²) in [5.74, 6) is -1.18. The average molecular weight is 405 g/mol. The second kappa shape index (κ2) is 7.14. The van der Waals surface area contributed by atoms with Crippen molar-refractivity contribution < 1.29 is 13.9 Å². The Morgan fingerprint density at radius 1 is 1.24 bits per heavy atom. The van der Waals surface area contributed by atoms with Crippen LogP contribution in [0.15, 0.2) is 51.7 Å². The molecule has 3 rings (SSSR count). The van der Waals surface area contributed by atoms with Crippen LogP contribution < -0.4 is 5.56 Å². The predicted octanol–water partition coefficient (Wildman–Crippen LogP) is 3.68. The molecule has 0 spiro atoms. The number of rotatable bonds is 4. The lowest BCUT2D eigenvalue weighted by Gasteiger charge is -2.10. The van der Waals surface area contributed by atoms with Gasteiger partial charge in [0.2, 0.25) is 0 Å². The number of carbonyl (C=O) groups excluding carboxylic acids is 1. The summed E-state index contributed by atoms with van der Waals surface area (Å²) in [5, 5.41) is 4.90. The zero-order valence-electron chi connectivity index (χ0n) is 13.3. The summed E-state index contributed by atoms with van der Waals surface area (Å²) >= 11 is 3.17. The van der Waals surface area contributed by atoms with Crippen molar-refractivity contribution in [2.45, 2.75) is 20.1 Å². The highest BCUT2D eigenvalue weighted by Gasteiger charge is 2.18. The number of benzene rings is 2. The lowest BCUT2D eigenvalue weighted by molar-refractivity contribution is 0.0461. The fourth-order valence-corrected chi connectivity index (χ4v) is 2.78. The molecule has 0 aliphatic carbocycles. The number of fused-ring (bicyclic) bond motifs is 1. The van der Waals surface area contributed by atoms with Gasteiger partial charge in [0.15, 0.2) is 5.69 Å². The smallest absolute Gasteiger partial charge is 0.359 e. The Balaban J connectivity index is 1.94. The molecule has 1 heterocycles. The molecular weight excluding hydrogens is 391 g/mol. The molecular formula is C18H14BrFN2O3. The summed E-state index contributed by atoms with van der Waals surface area (Å²) in [7, 11) is 0. The Kier molecular flexibility index (Phi) is 4.94. The first kappa shape index (κ1) is 17.3. The number of hydrogen-bond donors (Lipinski definition) is 0. The molecule has 0 unspecified atom stereocenters. The molecule has 2 aromatic carbocycles. The van der Waals surface area contributed by atoms with Crippen LogP contribution in [0.4, 0.5) is 4.39 Å². The van der Waals surface area contributed by atoms with Crippen LogP contribution in [0.2, 0.25) is 0 Å². The molecule has 0 saturated carbocycles. The highest BCUT2D eigenvalue weighted by molar-refractivity contribution is 9.10. The molecule has 0 bridgehead atoms. The molecule has 0 amide bonds. The van der Waals surface area contributed by atoms with E-state index < -0.39 is 11.8 Å². The van der Waals surface area contributed by atoms with E-state index >= 15 is 0 Å². The fourth-order valence-electron chi connectivity index (χ4n) is 2.45. The number of halogens is 2. The molecule has 7 heteroatoms. The van der Waals surface area contributed by atoms with Gasteiger partial charge < -0.3 is 4.74 Å². The standard InChI is InChI=1S/C18H14BrFN2O3/c1-2-22-17(23)14-6-4-3-5-13(14)16(21-22)18(24)25-10-11-7-8-12(19)9-15(11)20/h3-9H,2,10H2,1H3. The van der Waals surface area contributed by atoms with E-state index in [0.29, 0.717) is 21.8 Å². The van der Waals surface area contributed by atoms with E-state index in [0.717, 1.165) is 0 Å². The van der Waals surface area contributed by atoms with Crippen LogP contribution >= 0.6 is 15.9 Å². The van der Waals surface area contributed by atoms with Crippen LogP contribution in [0, 0.1) is 5.82 Å². The number of nitrogens with zero attached hydrogens (tertiary/aromatic N) is 2. The summed E-state index contributed by atoms with van der Waals surface area (Å²) in [5.41, 5.74) is 0.0212. The zero-order chi connectivity index (χ0) is 18.0. The molecule has 0 aliphatic rings. The van der Waals surface area contributed by atoms with Gasteiger partial charge >= 0.3 is 5.97 Å². The largest absolute Gasteiger partial charge is 0.456 e. The van der Waals surface area contributed by atoms with Crippen LogP contribution in [0.25, 0.3) is 10.8 Å². The summed E-state index contributed by atoms with van der Waals surface area (Å²) in [4.78, 5) is 24.7. The van der Waals surface area contributed by atoms with Crippen molar-refractivity contribution >= 4 is 32.7 Å². The Morgan fingerprint density at radius 3 is 2.64 bits per heavy atom. The van der Waals surface area contributed by atoms with Gasteiger partial charge in [-0.3, -0.25) is 4.79 Å². The number of esters is 1. The molecule has 3 aromatic rings. The van der Waals surface area contributed by atoms with Crippen LogP contribution in [-0.2, 0) is 17.9 Å². The maximum Gasteiger partial charge on any atom is 0.359 e. The molecule has 0 fully saturated rings. The lowest BCUT2D eigenvalue weighted by atomic mass is 10.1. The minimum absolute atomic E-state index is 0.0366. The second-order valence-corrected chi connectivity index (χ2v) is 6.24. The molecule has 0 saturated heterocycles. The highest BCUT2D eigenvalue weighted by atomic mass is 79.9. The topological polar surface area (TPSA) is 61.2 Å². The van der Waals surface area contributed by atoms with Crippen molar-refractivity contribution in [3.8, 4) is 0 Å². The van der Waals surface area contributed by atoms with E-state index in [-0.39, 0.29) is 23.4 Å². The summed E-state index contributed by atoms with van der Waals surface area (Å²) in [6.45, 7) is 1.86. The number of aromatic nitrogens is 2. The van der Waals surface area contributed by atoms with E-state index in [2.05, 4.69) is 21.0 Å². The predicted molar refractivity (Wildman–Crippen MR) is 94.9 cm³/mol. The normalized spacial score (nSPS) is 10.8. The SMILES string of the molecule is CCn1nc(C(=O)OCc2ccc(Br)cc2F)c2ccccc2c1=O. The zero-order valence-corrected chi connectivity index (χ0v) is 14.9. The van der Waals surface area contributed by atoms with Crippen molar-refractivity contribution in [1.82, 2.24) is 9.78 Å². The van der Waals surface area contributed by atoms with Crippen LogP contribution in [0.1, 0.15) is 23.0 Å². The molecule has 128 valence electrons. The van der Waals surface area contributed by atoms with E-state index in [4.69, 9.17) is 4.74 Å². The van der Waals surface area contributed by atoms with Gasteiger partial charge in [0.25, 0.3) is 5.56 Å². The molecule has 25 heavy (non-hydrogen) atoms. The van der Waals surface area contributed by atoms with E-state index in [9.17, 15) is 14.0 Å². The van der Waals surface area contributed by atoms with Crippen molar-refractivity contribution in [2.75, 3.05) is 0 Å². The maximum atomic E-state index is 13.8. The third-order valence-corrected chi connectivity index (χ3v) is 4.23. The van der Waals surface area contributed by atoms with Gasteiger partial charge in [0.05, 0.1) is 5.39 Å². The van der Waals surface area contributed by atoms with Crippen molar-refractivity contribution in [3.63, 3.8) is 0 Å². The van der Waals surface area contributed by atoms with Crippen molar-refractivity contribution in [1.29, 1.82) is 0 Å². The molecule has 1 aromatic heterocycles. The summed E-state index contributed by atoms with van der Waals surface area (Å²) < 4.78 is 20.9. The van der Waals surface area contributed by atoms with Crippen molar-refractivity contribution in [2.24, 2.45) is 0 Å². The Morgan fingerprint density at radius 2 is 1.96 bits per heavy atom. The number of ether oxygens (including phenoxy) is 1. The third kappa shape index (κ3) is 3.46. The maximum absolute atomic E-state index is 13.8. The fraction of sp³-hybridized carbons (Fsp3) is 0.167. The van der Waals surface area contributed by atoms with Gasteiger partial charge in [-0.05, 0) is 25.1 Å². The minimum Gasteiger partial charge on any atom is -0.456 e. The van der Waals surface area contributed by atoms with Crippen LogP contribution in [0.5, 0.6) is 0 Å². The number of hydrogen-bond acceptors (Lipinski definition) is 4. The van der Waals surface area contributed by atoms with Gasteiger partial charge in [0, 0.05) is 22.0 Å². The van der Waals surface area contributed by atoms with Crippen LogP contribution in [0.3, 0.4) is 0 Å². The first-order valence-electron chi connectivity index (χ1n) is 7.62. The first-order chi connectivity index (χ1) is 12.0. The van der Waals surface area contributed by atoms with Crippen molar-refractivity contribution in [3.05, 3.63) is 74.4 Å². The molecule has 5 nitrogen and oxygen atoms in total. The average Bonchev–Trinajstić information content (AvgIpc) is 2.61. The van der Waals surface area contributed by atoms with Gasteiger partial charge in [-0.2, -0.15) is 5.10 Å². The Labute approximate surface area is 151 Å². The van der Waals surface area contributed by atoms with E-state index in [1.54, 1.807) is 37.3 Å². The van der Waals surface area contributed by atoms with Gasteiger partial charge in [-0.1, -0.05) is 40.2 Å². The number of carbonyl (C=O) groups is 1.